The summed E-state index contributed by atoms with van der Waals surface area (Å²) >= 11 is 11.0. The summed E-state index contributed by atoms with van der Waals surface area (Å²) in [7, 11) is 0. The van der Waals surface area contributed by atoms with E-state index in [1.165, 1.54) is 12.1 Å². The maximum atomic E-state index is 13.2. The summed E-state index contributed by atoms with van der Waals surface area (Å²) in [5.74, 6) is 1.02. The first-order valence-corrected chi connectivity index (χ1v) is 8.25. The van der Waals surface area contributed by atoms with E-state index in [1.807, 2.05) is 54.6 Å². The predicted octanol–water partition coefficient (Wildman–Crippen LogP) is 6.08. The van der Waals surface area contributed by atoms with Crippen molar-refractivity contribution in [1.29, 1.82) is 0 Å². The molecule has 0 amide bonds. The molecular formula is C19H14ClFN2OS. The van der Waals surface area contributed by atoms with Gasteiger partial charge in [0, 0.05) is 11.4 Å². The van der Waals surface area contributed by atoms with Crippen LogP contribution >= 0.6 is 23.8 Å². The lowest BCUT2D eigenvalue weighted by molar-refractivity contribution is 0.483. The van der Waals surface area contributed by atoms with Gasteiger partial charge in [0.25, 0.3) is 0 Å². The van der Waals surface area contributed by atoms with Crippen LogP contribution in [0.5, 0.6) is 11.5 Å². The highest BCUT2D eigenvalue weighted by Crippen LogP contribution is 2.23. The first-order valence-electron chi connectivity index (χ1n) is 7.46. The van der Waals surface area contributed by atoms with E-state index in [9.17, 15) is 4.39 Å². The van der Waals surface area contributed by atoms with Crippen LogP contribution in [0.3, 0.4) is 0 Å². The average Bonchev–Trinajstić information content (AvgIpc) is 2.61. The van der Waals surface area contributed by atoms with E-state index in [0.717, 1.165) is 17.2 Å². The Morgan fingerprint density at radius 3 is 2.12 bits per heavy atom. The zero-order valence-electron chi connectivity index (χ0n) is 13.0. The van der Waals surface area contributed by atoms with Crippen LogP contribution in [0.4, 0.5) is 15.8 Å². The topological polar surface area (TPSA) is 33.3 Å². The fourth-order valence-corrected chi connectivity index (χ4v) is 2.51. The molecule has 0 unspecified atom stereocenters. The minimum absolute atomic E-state index is 0.0372. The molecule has 0 radical (unpaired) electrons. The minimum Gasteiger partial charge on any atom is -0.457 e. The molecule has 0 saturated carbocycles. The van der Waals surface area contributed by atoms with Gasteiger partial charge in [-0.2, -0.15) is 0 Å². The second-order valence-electron chi connectivity index (χ2n) is 5.15. The van der Waals surface area contributed by atoms with Crippen LogP contribution < -0.4 is 15.4 Å². The van der Waals surface area contributed by atoms with Crippen LogP contribution in [-0.4, -0.2) is 5.11 Å². The van der Waals surface area contributed by atoms with E-state index < -0.39 is 5.82 Å². The number of thiocarbonyl (C=S) groups is 1. The van der Waals surface area contributed by atoms with E-state index in [4.69, 9.17) is 28.6 Å². The summed E-state index contributed by atoms with van der Waals surface area (Å²) in [5.41, 5.74) is 1.40. The molecule has 0 heterocycles. The monoisotopic (exact) mass is 372 g/mol. The van der Waals surface area contributed by atoms with Crippen LogP contribution in [0.1, 0.15) is 0 Å². The first kappa shape index (κ1) is 17.2. The Morgan fingerprint density at radius 2 is 1.44 bits per heavy atom. The molecule has 3 rings (SSSR count). The van der Waals surface area contributed by atoms with Crippen LogP contribution in [-0.2, 0) is 0 Å². The highest BCUT2D eigenvalue weighted by Gasteiger charge is 2.04. The van der Waals surface area contributed by atoms with Crippen LogP contribution in [0, 0.1) is 5.82 Å². The summed E-state index contributed by atoms with van der Waals surface area (Å²) in [5, 5.41) is 6.41. The van der Waals surface area contributed by atoms with Gasteiger partial charge in [-0.15, -0.1) is 0 Å². The van der Waals surface area contributed by atoms with Gasteiger partial charge in [-0.3, -0.25) is 0 Å². The summed E-state index contributed by atoms with van der Waals surface area (Å²) in [6.07, 6.45) is 0. The molecule has 6 heteroatoms. The lowest BCUT2D eigenvalue weighted by Gasteiger charge is -2.12. The molecule has 0 fully saturated rings. The SMILES string of the molecule is Fc1ccc(NC(=S)Nc2ccc(Oc3ccccc3)cc2)cc1Cl. The Morgan fingerprint density at radius 1 is 0.840 bits per heavy atom. The van der Waals surface area contributed by atoms with Crippen molar-refractivity contribution in [2.45, 2.75) is 0 Å². The van der Waals surface area contributed by atoms with Gasteiger partial charge in [0.15, 0.2) is 5.11 Å². The Labute approximate surface area is 155 Å². The molecule has 0 bridgehead atoms. The molecule has 0 aliphatic heterocycles. The second kappa shape index (κ2) is 7.96. The number of para-hydroxylation sites is 1. The number of hydrogen-bond donors (Lipinski definition) is 2. The Balaban J connectivity index is 1.59. The third-order valence-electron chi connectivity index (χ3n) is 3.27. The number of hydrogen-bond acceptors (Lipinski definition) is 2. The largest absolute Gasteiger partial charge is 0.457 e. The highest BCUT2D eigenvalue weighted by molar-refractivity contribution is 7.80. The average molecular weight is 373 g/mol. The maximum absolute atomic E-state index is 13.2. The van der Waals surface area contributed by atoms with Crippen molar-refractivity contribution in [3.63, 3.8) is 0 Å². The van der Waals surface area contributed by atoms with Crippen molar-refractivity contribution in [1.82, 2.24) is 0 Å². The molecule has 25 heavy (non-hydrogen) atoms. The van der Waals surface area contributed by atoms with Crippen molar-refractivity contribution in [2.24, 2.45) is 0 Å². The third-order valence-corrected chi connectivity index (χ3v) is 3.76. The fraction of sp³-hybridized carbons (Fsp3) is 0. The van der Waals surface area contributed by atoms with Gasteiger partial charge in [0.05, 0.1) is 5.02 Å². The second-order valence-corrected chi connectivity index (χ2v) is 5.96. The quantitative estimate of drug-likeness (QED) is 0.544. The third kappa shape index (κ3) is 4.92. The fourth-order valence-electron chi connectivity index (χ4n) is 2.10. The molecule has 0 aliphatic rings. The number of benzene rings is 3. The number of nitrogens with one attached hydrogen (secondary N) is 2. The summed E-state index contributed by atoms with van der Waals surface area (Å²) < 4.78 is 18.9. The van der Waals surface area contributed by atoms with Gasteiger partial charge in [0.2, 0.25) is 0 Å². The molecule has 0 aliphatic carbocycles. The molecular weight excluding hydrogens is 359 g/mol. The van der Waals surface area contributed by atoms with Gasteiger partial charge >= 0.3 is 0 Å². The van der Waals surface area contributed by atoms with Gasteiger partial charge < -0.3 is 15.4 Å². The molecule has 2 N–H and O–H groups in total. The van der Waals surface area contributed by atoms with Crippen LogP contribution in [0.15, 0.2) is 72.8 Å². The Kier molecular flexibility index (Phi) is 5.48. The van der Waals surface area contributed by atoms with E-state index in [1.54, 1.807) is 6.07 Å². The van der Waals surface area contributed by atoms with E-state index >= 15 is 0 Å². The smallest absolute Gasteiger partial charge is 0.175 e. The van der Waals surface area contributed by atoms with Crippen LogP contribution in [0.25, 0.3) is 0 Å². The standard InChI is InChI=1S/C19H14ClFN2OS/c20-17-12-14(8-11-18(17)21)23-19(25)22-13-6-9-16(10-7-13)24-15-4-2-1-3-5-15/h1-12H,(H2,22,23,25). The molecule has 3 nitrogen and oxygen atoms in total. The van der Waals surface area contributed by atoms with E-state index in [-0.39, 0.29) is 5.02 Å². The Bertz CT molecular complexity index is 872. The predicted molar refractivity (Wildman–Crippen MR) is 104 cm³/mol. The molecule has 0 atom stereocenters. The number of anilines is 2. The summed E-state index contributed by atoms with van der Waals surface area (Å²) in [6, 6.07) is 21.2. The molecule has 3 aromatic rings. The zero-order valence-corrected chi connectivity index (χ0v) is 14.6. The van der Waals surface area contributed by atoms with Crippen molar-refractivity contribution < 1.29 is 9.13 Å². The van der Waals surface area contributed by atoms with Crippen molar-refractivity contribution in [3.05, 3.63) is 83.6 Å². The number of ether oxygens (including phenoxy) is 1. The van der Waals surface area contributed by atoms with Gasteiger partial charge in [-0.05, 0) is 66.8 Å². The zero-order chi connectivity index (χ0) is 17.6. The lowest BCUT2D eigenvalue weighted by Crippen LogP contribution is -2.19. The Hall–Kier alpha value is -2.63. The van der Waals surface area contributed by atoms with Crippen molar-refractivity contribution in [2.75, 3.05) is 10.6 Å². The van der Waals surface area contributed by atoms with E-state index in [2.05, 4.69) is 10.6 Å². The first-order chi connectivity index (χ1) is 12.1. The normalized spacial score (nSPS) is 10.2. The molecule has 0 spiro atoms. The van der Waals surface area contributed by atoms with Crippen LogP contribution in [0.2, 0.25) is 5.02 Å². The highest BCUT2D eigenvalue weighted by atomic mass is 35.5. The van der Waals surface area contributed by atoms with Gasteiger partial charge in [0.1, 0.15) is 17.3 Å². The molecule has 0 aromatic heterocycles. The number of rotatable bonds is 4. The number of halogens is 2. The van der Waals surface area contributed by atoms with Crippen molar-refractivity contribution >= 4 is 40.3 Å². The summed E-state index contributed by atoms with van der Waals surface area (Å²) in [4.78, 5) is 0. The van der Waals surface area contributed by atoms with E-state index in [0.29, 0.717) is 10.8 Å². The van der Waals surface area contributed by atoms with Gasteiger partial charge in [-0.25, -0.2) is 4.39 Å². The van der Waals surface area contributed by atoms with Gasteiger partial charge in [-0.1, -0.05) is 29.8 Å². The van der Waals surface area contributed by atoms with Crippen molar-refractivity contribution in [3.8, 4) is 11.5 Å². The molecule has 0 saturated heterocycles. The molecule has 126 valence electrons. The molecule has 3 aromatic carbocycles. The maximum Gasteiger partial charge on any atom is 0.175 e. The lowest BCUT2D eigenvalue weighted by atomic mass is 10.3. The minimum atomic E-state index is -0.472. The summed E-state index contributed by atoms with van der Waals surface area (Å²) in [6.45, 7) is 0.